The lowest BCUT2D eigenvalue weighted by Gasteiger charge is -2.02. The fourth-order valence-corrected chi connectivity index (χ4v) is 0.376. The Morgan fingerprint density at radius 1 is 1.75 bits per heavy atom. The van der Waals surface area contributed by atoms with Gasteiger partial charge >= 0.3 is 0 Å². The van der Waals surface area contributed by atoms with Crippen LogP contribution < -0.4 is 10.9 Å². The summed E-state index contributed by atoms with van der Waals surface area (Å²) < 4.78 is 0. The number of nitrogens with one attached hydrogen (secondary N) is 1. The molecule has 0 unspecified atom stereocenters. The first kappa shape index (κ1) is 7.23. The lowest BCUT2D eigenvalue weighted by atomic mass is 10.6. The third-order valence-corrected chi connectivity index (χ3v) is 0.630. The van der Waals surface area contributed by atoms with Gasteiger partial charge in [-0.25, -0.2) is 0 Å². The Labute approximate surface area is 48.6 Å². The summed E-state index contributed by atoms with van der Waals surface area (Å²) in [5, 5.41) is 9.99. The van der Waals surface area contributed by atoms with E-state index < -0.39 is 0 Å². The van der Waals surface area contributed by atoms with Gasteiger partial charge in [0.1, 0.15) is 6.54 Å². The van der Waals surface area contributed by atoms with Gasteiger partial charge in [0.2, 0.25) is 0 Å². The number of rotatable bonds is 2. The molecule has 4 N–H and O–H groups in total. The third kappa shape index (κ3) is 3.42. The molecule has 0 aliphatic rings. The summed E-state index contributed by atoms with van der Waals surface area (Å²) >= 11 is 0. The first-order valence-electron chi connectivity index (χ1n) is 2.33. The van der Waals surface area contributed by atoms with Gasteiger partial charge in [0.25, 0.3) is 5.84 Å². The van der Waals surface area contributed by atoms with Crippen molar-refractivity contribution >= 4 is 5.84 Å². The summed E-state index contributed by atoms with van der Waals surface area (Å²) in [4.78, 5) is 1.85. The highest BCUT2D eigenvalue weighted by atomic mass is 16.4. The van der Waals surface area contributed by atoms with Crippen molar-refractivity contribution in [2.24, 2.45) is 5.73 Å². The van der Waals surface area contributed by atoms with E-state index >= 15 is 0 Å². The minimum Gasteiger partial charge on any atom is -0.357 e. The maximum atomic E-state index is 8.14. The first-order chi connectivity index (χ1) is 3.66. The molecule has 4 heteroatoms. The second-order valence-corrected chi connectivity index (χ2v) is 1.87. The van der Waals surface area contributed by atoms with Gasteiger partial charge in [-0.3, -0.25) is 10.6 Å². The van der Waals surface area contributed by atoms with Crippen molar-refractivity contribution < 1.29 is 10.4 Å². The van der Waals surface area contributed by atoms with E-state index in [0.717, 1.165) is 0 Å². The largest absolute Gasteiger partial charge is 0.357 e. The van der Waals surface area contributed by atoms with E-state index in [1.54, 1.807) is 0 Å². The topological polar surface area (TPSA) is 63.5 Å². The van der Waals surface area contributed by atoms with E-state index in [0.29, 0.717) is 12.4 Å². The van der Waals surface area contributed by atoms with Crippen LogP contribution in [-0.4, -0.2) is 36.6 Å². The lowest BCUT2D eigenvalue weighted by Crippen LogP contribution is -2.73. The smallest absolute Gasteiger partial charge is 0.293 e. The molecule has 0 atom stereocenters. The third-order valence-electron chi connectivity index (χ3n) is 0.630. The molecule has 0 heterocycles. The Balaban J connectivity index is 3.39. The van der Waals surface area contributed by atoms with Crippen molar-refractivity contribution in [2.45, 2.75) is 0 Å². The highest BCUT2D eigenvalue weighted by Crippen LogP contribution is 1.65. The minimum absolute atomic E-state index is 0.356. The summed E-state index contributed by atoms with van der Waals surface area (Å²) in [6.07, 6.45) is 0. The van der Waals surface area contributed by atoms with Gasteiger partial charge in [-0.1, -0.05) is 5.16 Å². The molecular formula is C4H12N3O+. The van der Waals surface area contributed by atoms with E-state index in [-0.39, 0.29) is 0 Å². The molecular weight excluding hydrogens is 106 g/mol. The van der Waals surface area contributed by atoms with Crippen LogP contribution >= 0.6 is 0 Å². The van der Waals surface area contributed by atoms with Gasteiger partial charge in [-0.05, 0) is 14.1 Å². The molecule has 0 saturated heterocycles. The monoisotopic (exact) mass is 118 g/mol. The molecule has 0 fully saturated rings. The molecule has 0 aliphatic carbocycles. The summed E-state index contributed by atoms with van der Waals surface area (Å²) in [6, 6.07) is 0. The molecule has 4 nitrogen and oxygen atoms in total. The average Bonchev–Trinajstić information content (AvgIpc) is 1.65. The van der Waals surface area contributed by atoms with Crippen molar-refractivity contribution in [3.63, 3.8) is 0 Å². The maximum absolute atomic E-state index is 8.14. The second-order valence-electron chi connectivity index (χ2n) is 1.87. The molecule has 0 aromatic carbocycles. The van der Waals surface area contributed by atoms with Crippen LogP contribution in [0.2, 0.25) is 0 Å². The molecule has 48 valence electrons. The first-order valence-corrected chi connectivity index (χ1v) is 2.33. The molecule has 0 amide bonds. The molecule has 0 bridgehead atoms. The van der Waals surface area contributed by atoms with E-state index in [1.807, 2.05) is 24.2 Å². The highest BCUT2D eigenvalue weighted by molar-refractivity contribution is 5.76. The summed E-state index contributed by atoms with van der Waals surface area (Å²) in [5.74, 6) is 0.356. The van der Waals surface area contributed by atoms with Crippen molar-refractivity contribution in [1.82, 2.24) is 4.90 Å². The van der Waals surface area contributed by atoms with Gasteiger partial charge in [0.05, 0.1) is 0 Å². The standard InChI is InChI=1S/C4H11N3O/c1-7(2)3-4(5)6-8/h8H,3H2,1-2H3,(H2,5,6)/p+1. The van der Waals surface area contributed by atoms with Crippen molar-refractivity contribution in [3.8, 4) is 0 Å². The van der Waals surface area contributed by atoms with Gasteiger partial charge in [-0.15, -0.1) is 0 Å². The van der Waals surface area contributed by atoms with Crippen molar-refractivity contribution in [3.05, 3.63) is 0 Å². The number of hydrogen-bond acceptors (Lipinski definition) is 2. The Hall–Kier alpha value is -0.770. The number of hydrogen-bond donors (Lipinski definition) is 3. The maximum Gasteiger partial charge on any atom is 0.293 e. The van der Waals surface area contributed by atoms with Gasteiger partial charge < -0.3 is 5.21 Å². The predicted molar refractivity (Wildman–Crippen MR) is 30.5 cm³/mol. The Morgan fingerprint density at radius 3 is 2.38 bits per heavy atom. The average molecular weight is 118 g/mol. The molecule has 0 saturated carbocycles. The fraction of sp³-hybridized carbons (Fsp3) is 0.750. The summed E-state index contributed by atoms with van der Waals surface area (Å²) in [7, 11) is 3.73. The van der Waals surface area contributed by atoms with Gasteiger partial charge in [-0.2, -0.15) is 0 Å². The van der Waals surface area contributed by atoms with E-state index in [4.69, 9.17) is 10.9 Å². The van der Waals surface area contributed by atoms with Crippen LogP contribution in [0.5, 0.6) is 0 Å². The Bertz CT molecular complexity index is 89.3. The Kier molecular flexibility index (Phi) is 2.95. The van der Waals surface area contributed by atoms with Crippen LogP contribution in [-0.2, 0) is 0 Å². The van der Waals surface area contributed by atoms with Crippen LogP contribution in [0.1, 0.15) is 0 Å². The number of amidine groups is 1. The second kappa shape index (κ2) is 3.26. The fourth-order valence-electron chi connectivity index (χ4n) is 0.376. The quantitative estimate of drug-likeness (QED) is 0.161. The summed E-state index contributed by atoms with van der Waals surface area (Å²) in [5.41, 5.74) is 5.19. The van der Waals surface area contributed by atoms with Gasteiger partial charge in [0, 0.05) is 0 Å². The zero-order chi connectivity index (χ0) is 6.57. The van der Waals surface area contributed by atoms with Crippen LogP contribution in [0, 0.1) is 0 Å². The normalized spacial score (nSPS) is 12.6. The number of nitrogens with zero attached hydrogens (tertiary/aromatic N) is 1. The number of nitrogens with two attached hydrogens (primary N) is 1. The SMILES string of the molecule is CN(C)CC(N)=[NH+]O. The van der Waals surface area contributed by atoms with Crippen molar-refractivity contribution in [2.75, 3.05) is 20.6 Å². The zero-order valence-corrected chi connectivity index (χ0v) is 5.18. The molecule has 0 aromatic rings. The molecule has 0 aliphatic heterocycles. The van der Waals surface area contributed by atoms with Crippen LogP contribution in [0.3, 0.4) is 0 Å². The minimum atomic E-state index is 0.356. The molecule has 0 aromatic heterocycles. The molecule has 8 heavy (non-hydrogen) atoms. The highest BCUT2D eigenvalue weighted by Gasteiger charge is 1.97. The zero-order valence-electron chi connectivity index (χ0n) is 5.18. The predicted octanol–water partition coefficient (Wildman–Crippen LogP) is -2.62. The summed E-state index contributed by atoms with van der Waals surface area (Å²) in [6.45, 7) is 0.552. The Morgan fingerprint density at radius 2 is 2.25 bits per heavy atom. The van der Waals surface area contributed by atoms with E-state index in [1.165, 1.54) is 0 Å². The molecule has 0 spiro atoms. The van der Waals surface area contributed by atoms with Crippen LogP contribution in [0.15, 0.2) is 0 Å². The van der Waals surface area contributed by atoms with Gasteiger partial charge in [0.15, 0.2) is 0 Å². The molecule has 0 rings (SSSR count). The molecule has 0 radical (unpaired) electrons. The van der Waals surface area contributed by atoms with Crippen LogP contribution in [0.25, 0.3) is 0 Å². The van der Waals surface area contributed by atoms with Crippen LogP contribution in [0.4, 0.5) is 0 Å². The van der Waals surface area contributed by atoms with E-state index in [2.05, 4.69) is 0 Å². The number of likely N-dealkylation sites (N-methyl/N-ethyl adjacent to an activating group) is 1. The lowest BCUT2D eigenvalue weighted by molar-refractivity contribution is -0.738. The van der Waals surface area contributed by atoms with E-state index in [9.17, 15) is 0 Å². The van der Waals surface area contributed by atoms with Crippen molar-refractivity contribution in [1.29, 1.82) is 0 Å².